The minimum atomic E-state index is 0.696. The SMILES string of the molecule is C=C1C(N2CCN(C)CC2)=Nc2ccc(Cl)cc2N1CCC(C)CC. The smallest absolute Gasteiger partial charge is 0.152 e. The first-order valence-electron chi connectivity index (χ1n) is 9.28. The summed E-state index contributed by atoms with van der Waals surface area (Å²) in [5.41, 5.74) is 3.08. The molecule has 0 radical (unpaired) electrons. The second-order valence-corrected chi connectivity index (χ2v) is 7.70. The molecular weight excluding hydrogens is 332 g/mol. The Morgan fingerprint density at radius 2 is 1.96 bits per heavy atom. The summed E-state index contributed by atoms with van der Waals surface area (Å²) in [6, 6.07) is 5.96. The summed E-state index contributed by atoms with van der Waals surface area (Å²) in [4.78, 5) is 12.0. The highest BCUT2D eigenvalue weighted by atomic mass is 35.5. The summed E-state index contributed by atoms with van der Waals surface area (Å²) in [6.07, 6.45) is 2.33. The van der Waals surface area contributed by atoms with E-state index in [1.54, 1.807) is 0 Å². The summed E-state index contributed by atoms with van der Waals surface area (Å²) in [5, 5.41) is 0.748. The van der Waals surface area contributed by atoms with Gasteiger partial charge < -0.3 is 14.7 Å². The van der Waals surface area contributed by atoms with Crippen LogP contribution in [0.15, 0.2) is 35.5 Å². The molecule has 4 nitrogen and oxygen atoms in total. The fraction of sp³-hybridized carbons (Fsp3) is 0.550. The Morgan fingerprint density at radius 1 is 1.24 bits per heavy atom. The predicted molar refractivity (Wildman–Crippen MR) is 108 cm³/mol. The minimum absolute atomic E-state index is 0.696. The minimum Gasteiger partial charge on any atom is -0.352 e. The van der Waals surface area contributed by atoms with Crippen molar-refractivity contribution in [1.29, 1.82) is 0 Å². The van der Waals surface area contributed by atoms with E-state index in [4.69, 9.17) is 16.6 Å². The average Bonchev–Trinajstić information content (AvgIpc) is 2.61. The van der Waals surface area contributed by atoms with E-state index < -0.39 is 0 Å². The van der Waals surface area contributed by atoms with Crippen LogP contribution < -0.4 is 4.90 Å². The van der Waals surface area contributed by atoms with Crippen molar-refractivity contribution in [3.63, 3.8) is 0 Å². The summed E-state index contributed by atoms with van der Waals surface area (Å²) in [6.45, 7) is 14.0. The fourth-order valence-electron chi connectivity index (χ4n) is 3.33. The Morgan fingerprint density at radius 3 is 2.64 bits per heavy atom. The second-order valence-electron chi connectivity index (χ2n) is 7.26. The summed E-state index contributed by atoms with van der Waals surface area (Å²) >= 11 is 6.26. The van der Waals surface area contributed by atoms with E-state index in [0.29, 0.717) is 5.92 Å². The topological polar surface area (TPSA) is 22.1 Å². The number of piperazine rings is 1. The van der Waals surface area contributed by atoms with E-state index >= 15 is 0 Å². The Bertz CT molecular complexity index is 662. The van der Waals surface area contributed by atoms with E-state index in [0.717, 1.165) is 67.1 Å². The molecule has 0 amide bonds. The highest BCUT2D eigenvalue weighted by molar-refractivity contribution is 6.31. The van der Waals surface area contributed by atoms with E-state index in [-0.39, 0.29) is 0 Å². The monoisotopic (exact) mass is 360 g/mol. The molecule has 1 unspecified atom stereocenters. The van der Waals surface area contributed by atoms with E-state index in [1.165, 1.54) is 6.42 Å². The van der Waals surface area contributed by atoms with Crippen molar-refractivity contribution in [3.8, 4) is 0 Å². The Kier molecular flexibility index (Phi) is 5.70. The van der Waals surface area contributed by atoms with Crippen molar-refractivity contribution in [1.82, 2.24) is 9.80 Å². The lowest BCUT2D eigenvalue weighted by Crippen LogP contribution is -2.50. The first-order chi connectivity index (χ1) is 12.0. The molecule has 2 aliphatic rings. The number of amidine groups is 1. The van der Waals surface area contributed by atoms with Crippen LogP contribution in [-0.2, 0) is 0 Å². The predicted octanol–water partition coefficient (Wildman–Crippen LogP) is 4.39. The van der Waals surface area contributed by atoms with Crippen LogP contribution in [-0.4, -0.2) is 55.4 Å². The second kappa shape index (κ2) is 7.79. The van der Waals surface area contributed by atoms with Crippen LogP contribution in [0.3, 0.4) is 0 Å². The Balaban J connectivity index is 1.89. The van der Waals surface area contributed by atoms with Crippen LogP contribution in [0.25, 0.3) is 0 Å². The number of likely N-dealkylation sites (N-methyl/N-ethyl adjacent to an activating group) is 1. The zero-order chi connectivity index (χ0) is 18.0. The molecule has 25 heavy (non-hydrogen) atoms. The van der Waals surface area contributed by atoms with Gasteiger partial charge in [-0.3, -0.25) is 0 Å². The van der Waals surface area contributed by atoms with Crippen LogP contribution in [0.4, 0.5) is 11.4 Å². The number of anilines is 1. The number of fused-ring (bicyclic) bond motifs is 1. The molecule has 2 aliphatic heterocycles. The van der Waals surface area contributed by atoms with Gasteiger partial charge >= 0.3 is 0 Å². The number of hydrogen-bond acceptors (Lipinski definition) is 4. The molecular formula is C20H29ClN4. The molecule has 136 valence electrons. The fourth-order valence-corrected chi connectivity index (χ4v) is 3.50. The van der Waals surface area contributed by atoms with E-state index in [2.05, 4.69) is 42.2 Å². The summed E-state index contributed by atoms with van der Waals surface area (Å²) < 4.78 is 0. The van der Waals surface area contributed by atoms with Gasteiger partial charge in [-0.25, -0.2) is 4.99 Å². The van der Waals surface area contributed by atoms with Crippen LogP contribution in [0.1, 0.15) is 26.7 Å². The normalized spacial score (nSPS) is 19.7. The molecule has 1 aromatic rings. The van der Waals surface area contributed by atoms with Crippen molar-refractivity contribution in [2.75, 3.05) is 44.7 Å². The quantitative estimate of drug-likeness (QED) is 0.795. The standard InChI is InChI=1S/C20H29ClN4/c1-5-15(2)8-9-25-16(3)20(24-12-10-23(4)11-13-24)22-18-7-6-17(21)14-19(18)25/h6-7,14-15H,3,5,8-13H2,1-2,4H3. The number of benzene rings is 1. The summed E-state index contributed by atoms with van der Waals surface area (Å²) in [7, 11) is 2.17. The molecule has 0 bridgehead atoms. The average molecular weight is 361 g/mol. The molecule has 0 aliphatic carbocycles. The van der Waals surface area contributed by atoms with Crippen molar-refractivity contribution in [2.45, 2.75) is 26.7 Å². The Labute approximate surface area is 156 Å². The zero-order valence-electron chi connectivity index (χ0n) is 15.6. The molecule has 1 saturated heterocycles. The van der Waals surface area contributed by atoms with Gasteiger partial charge in [0.05, 0.1) is 17.1 Å². The number of halogens is 1. The number of nitrogens with zero attached hydrogens (tertiary/aromatic N) is 4. The maximum atomic E-state index is 6.26. The number of rotatable bonds is 4. The molecule has 1 aromatic carbocycles. The van der Waals surface area contributed by atoms with Gasteiger partial charge in [0.15, 0.2) is 5.84 Å². The van der Waals surface area contributed by atoms with Crippen LogP contribution in [0, 0.1) is 5.92 Å². The van der Waals surface area contributed by atoms with Crippen LogP contribution in [0.5, 0.6) is 0 Å². The highest BCUT2D eigenvalue weighted by Gasteiger charge is 2.28. The molecule has 0 N–H and O–H groups in total. The third-order valence-electron chi connectivity index (χ3n) is 5.38. The molecule has 1 fully saturated rings. The van der Waals surface area contributed by atoms with Gasteiger partial charge in [0.25, 0.3) is 0 Å². The zero-order valence-corrected chi connectivity index (χ0v) is 16.4. The maximum absolute atomic E-state index is 6.26. The molecule has 1 atom stereocenters. The van der Waals surface area contributed by atoms with Crippen LogP contribution >= 0.6 is 11.6 Å². The van der Waals surface area contributed by atoms with Crippen molar-refractivity contribution in [3.05, 3.63) is 35.5 Å². The van der Waals surface area contributed by atoms with Crippen molar-refractivity contribution in [2.24, 2.45) is 10.9 Å². The van der Waals surface area contributed by atoms with Gasteiger partial charge in [0.2, 0.25) is 0 Å². The number of aliphatic imine (C=N–C) groups is 1. The van der Waals surface area contributed by atoms with Gasteiger partial charge in [-0.05, 0) is 37.6 Å². The lowest BCUT2D eigenvalue weighted by Gasteiger charge is -2.40. The van der Waals surface area contributed by atoms with Crippen molar-refractivity contribution >= 4 is 28.8 Å². The number of hydrogen-bond donors (Lipinski definition) is 0. The van der Waals surface area contributed by atoms with Crippen LogP contribution in [0.2, 0.25) is 5.02 Å². The lowest BCUT2D eigenvalue weighted by molar-refractivity contribution is 0.215. The first-order valence-corrected chi connectivity index (χ1v) is 9.66. The van der Waals surface area contributed by atoms with Crippen molar-refractivity contribution < 1.29 is 0 Å². The largest absolute Gasteiger partial charge is 0.352 e. The van der Waals surface area contributed by atoms with Gasteiger partial charge in [-0.15, -0.1) is 0 Å². The van der Waals surface area contributed by atoms with Gasteiger partial charge in [0.1, 0.15) is 0 Å². The lowest BCUT2D eigenvalue weighted by atomic mass is 10.0. The van der Waals surface area contributed by atoms with E-state index in [1.807, 2.05) is 18.2 Å². The van der Waals surface area contributed by atoms with Gasteiger partial charge in [0, 0.05) is 37.7 Å². The van der Waals surface area contributed by atoms with E-state index in [9.17, 15) is 0 Å². The highest BCUT2D eigenvalue weighted by Crippen LogP contribution is 2.38. The third kappa shape index (κ3) is 4.01. The van der Waals surface area contributed by atoms with Gasteiger partial charge in [-0.1, -0.05) is 38.4 Å². The molecule has 3 rings (SSSR count). The first kappa shape index (κ1) is 18.3. The molecule has 0 saturated carbocycles. The summed E-state index contributed by atoms with van der Waals surface area (Å²) in [5.74, 6) is 1.72. The Hall–Kier alpha value is -1.52. The molecule has 2 heterocycles. The molecule has 0 spiro atoms. The maximum Gasteiger partial charge on any atom is 0.152 e. The molecule has 5 heteroatoms. The van der Waals surface area contributed by atoms with Gasteiger partial charge in [-0.2, -0.15) is 0 Å². The molecule has 0 aromatic heterocycles. The third-order valence-corrected chi connectivity index (χ3v) is 5.62.